The highest BCUT2D eigenvalue weighted by Crippen LogP contribution is 2.41. The Morgan fingerprint density at radius 3 is 2.64 bits per heavy atom. The van der Waals surface area contributed by atoms with Crippen molar-refractivity contribution in [3.05, 3.63) is 41.1 Å². The average Bonchev–Trinajstić information content (AvgIpc) is 3.47. The highest BCUT2D eigenvalue weighted by atomic mass is 35.5. The van der Waals surface area contributed by atoms with Gasteiger partial charge < -0.3 is 14.1 Å². The Bertz CT molecular complexity index is 1260. The zero-order valence-corrected chi connectivity index (χ0v) is 21.9. The molecule has 2 fully saturated rings. The van der Waals surface area contributed by atoms with Gasteiger partial charge in [0.25, 0.3) is 0 Å². The van der Waals surface area contributed by atoms with E-state index in [9.17, 15) is 4.79 Å². The zero-order chi connectivity index (χ0) is 25.4. The minimum atomic E-state index is -0.588. The van der Waals surface area contributed by atoms with Gasteiger partial charge >= 0.3 is 6.09 Å². The van der Waals surface area contributed by atoms with Crippen LogP contribution in [0.3, 0.4) is 0 Å². The van der Waals surface area contributed by atoms with Gasteiger partial charge in [-0.25, -0.2) is 14.8 Å². The van der Waals surface area contributed by atoms with E-state index >= 15 is 0 Å². The molecule has 192 valence electrons. The van der Waals surface area contributed by atoms with E-state index in [2.05, 4.69) is 41.1 Å². The Hall–Kier alpha value is -2.75. The number of ether oxygens (including phenoxy) is 1. The summed E-state index contributed by atoms with van der Waals surface area (Å²) in [5.74, 6) is 2.36. The van der Waals surface area contributed by atoms with Crippen molar-refractivity contribution in [3.8, 4) is 11.3 Å². The molecule has 3 aromatic heterocycles. The van der Waals surface area contributed by atoms with E-state index in [-0.39, 0.29) is 12.0 Å². The van der Waals surface area contributed by atoms with Crippen LogP contribution in [0.4, 0.5) is 4.79 Å². The van der Waals surface area contributed by atoms with E-state index in [0.717, 1.165) is 34.0 Å². The molecule has 1 aliphatic carbocycles. The molecule has 3 atom stereocenters. The molecule has 36 heavy (non-hydrogen) atoms. The number of hydrogen-bond acceptors (Lipinski definition) is 7. The van der Waals surface area contributed by atoms with Gasteiger partial charge in [-0.05, 0) is 43.7 Å². The summed E-state index contributed by atoms with van der Waals surface area (Å²) in [6.07, 6.45) is 7.09. The molecule has 1 saturated carbocycles. The molecule has 0 aromatic carbocycles. The van der Waals surface area contributed by atoms with E-state index in [1.54, 1.807) is 19.5 Å². The van der Waals surface area contributed by atoms with Crippen molar-refractivity contribution in [3.63, 3.8) is 0 Å². The number of carbonyl (C=O) groups is 1. The Morgan fingerprint density at radius 1 is 1.19 bits per heavy atom. The minimum absolute atomic E-state index is 0.0776. The number of rotatable bonds is 7. The predicted octanol–water partition coefficient (Wildman–Crippen LogP) is 5.53. The Balaban J connectivity index is 1.73. The van der Waals surface area contributed by atoms with Crippen molar-refractivity contribution >= 4 is 28.7 Å². The summed E-state index contributed by atoms with van der Waals surface area (Å²) in [7, 11) is 1.71. The summed E-state index contributed by atoms with van der Waals surface area (Å²) in [5, 5.41) is 3.26. The molecule has 3 unspecified atom stereocenters. The summed E-state index contributed by atoms with van der Waals surface area (Å²) in [6, 6.07) is 4.00. The largest absolute Gasteiger partial charge is 0.427 e. The van der Waals surface area contributed by atoms with Crippen LogP contribution in [0, 0.1) is 11.8 Å². The van der Waals surface area contributed by atoms with Crippen molar-refractivity contribution in [2.45, 2.75) is 64.6 Å². The van der Waals surface area contributed by atoms with Crippen LogP contribution in [0.15, 0.2) is 24.5 Å². The highest BCUT2D eigenvalue weighted by molar-refractivity contribution is 6.30. The first kappa shape index (κ1) is 24.9. The first-order chi connectivity index (χ1) is 17.4. The predicted molar refractivity (Wildman–Crippen MR) is 137 cm³/mol. The average molecular weight is 513 g/mol. The maximum Gasteiger partial charge on any atom is 0.427 e. The molecule has 2 aliphatic rings. The maximum atomic E-state index is 11.7. The lowest BCUT2D eigenvalue weighted by atomic mass is 9.79. The molecule has 9 nitrogen and oxygen atoms in total. The molecule has 0 spiro atoms. The van der Waals surface area contributed by atoms with E-state index in [1.807, 2.05) is 12.1 Å². The smallest absolute Gasteiger partial charge is 0.384 e. The van der Waals surface area contributed by atoms with Crippen molar-refractivity contribution in [1.82, 2.24) is 30.3 Å². The molecule has 4 heterocycles. The Morgan fingerprint density at radius 2 is 1.97 bits per heavy atom. The third-order valence-corrected chi connectivity index (χ3v) is 7.74. The van der Waals surface area contributed by atoms with Crippen LogP contribution < -0.4 is 10.8 Å². The van der Waals surface area contributed by atoms with Gasteiger partial charge in [0.15, 0.2) is 6.17 Å². The SMILES string of the molecule is COCC(C)c1nc2cc(C3NOC(=O)N3)nc(-c3cncc(Cl)c3)c2n1C(C)C1CCC(C)CC1. The lowest BCUT2D eigenvalue weighted by Crippen LogP contribution is -2.25. The van der Waals surface area contributed by atoms with Crippen LogP contribution in [0.1, 0.15) is 76.1 Å². The van der Waals surface area contributed by atoms with Crippen molar-refractivity contribution < 1.29 is 14.4 Å². The van der Waals surface area contributed by atoms with Gasteiger partial charge in [0, 0.05) is 37.0 Å². The number of imidazole rings is 1. The number of fused-ring (bicyclic) bond motifs is 1. The molecule has 2 N–H and O–H groups in total. The number of pyridine rings is 2. The number of nitrogens with one attached hydrogen (secondary N) is 2. The van der Waals surface area contributed by atoms with Gasteiger partial charge in [0.2, 0.25) is 0 Å². The number of methoxy groups -OCH3 is 1. The first-order valence-corrected chi connectivity index (χ1v) is 13.0. The fourth-order valence-corrected chi connectivity index (χ4v) is 5.71. The van der Waals surface area contributed by atoms with Crippen molar-refractivity contribution in [2.75, 3.05) is 13.7 Å². The zero-order valence-electron chi connectivity index (χ0n) is 21.1. The lowest BCUT2D eigenvalue weighted by Gasteiger charge is -2.33. The van der Waals surface area contributed by atoms with Crippen LogP contribution in [0.5, 0.6) is 0 Å². The van der Waals surface area contributed by atoms with Crippen molar-refractivity contribution in [2.24, 2.45) is 11.8 Å². The van der Waals surface area contributed by atoms with Gasteiger partial charge in [0.05, 0.1) is 34.1 Å². The fraction of sp³-hybridized carbons (Fsp3) is 0.538. The molecule has 10 heteroatoms. The number of hydrogen-bond donors (Lipinski definition) is 2. The van der Waals surface area contributed by atoms with E-state index in [0.29, 0.717) is 23.2 Å². The number of aromatic nitrogens is 4. The van der Waals surface area contributed by atoms with Crippen molar-refractivity contribution in [1.29, 1.82) is 0 Å². The molecule has 3 aromatic rings. The normalized spacial score (nSPS) is 23.9. The van der Waals surface area contributed by atoms with Crippen LogP contribution in [-0.2, 0) is 9.57 Å². The second kappa shape index (κ2) is 10.3. The molecule has 1 aliphatic heterocycles. The van der Waals surface area contributed by atoms with E-state index in [1.165, 1.54) is 25.7 Å². The highest BCUT2D eigenvalue weighted by Gasteiger charge is 2.32. The molecule has 1 amide bonds. The van der Waals surface area contributed by atoms with Crippen LogP contribution in [0.2, 0.25) is 5.02 Å². The fourth-order valence-electron chi connectivity index (χ4n) is 5.54. The van der Waals surface area contributed by atoms with Gasteiger partial charge in [-0.2, -0.15) is 0 Å². The number of amides is 1. The molecular formula is C26H33ClN6O3. The lowest BCUT2D eigenvalue weighted by molar-refractivity contribution is 0.121. The van der Waals surface area contributed by atoms with Crippen LogP contribution in [-0.4, -0.2) is 39.3 Å². The minimum Gasteiger partial charge on any atom is -0.384 e. The van der Waals surface area contributed by atoms with Gasteiger partial charge in [0.1, 0.15) is 5.82 Å². The Kier molecular flexibility index (Phi) is 7.14. The number of carbonyl (C=O) groups excluding carboxylic acids is 1. The summed E-state index contributed by atoms with van der Waals surface area (Å²) in [6.45, 7) is 7.33. The summed E-state index contributed by atoms with van der Waals surface area (Å²) < 4.78 is 7.89. The third-order valence-electron chi connectivity index (χ3n) is 7.53. The Labute approximate surface area is 215 Å². The van der Waals surface area contributed by atoms with Gasteiger partial charge in [-0.15, -0.1) is 5.48 Å². The number of halogens is 1. The number of nitrogens with zero attached hydrogens (tertiary/aromatic N) is 4. The molecule has 0 bridgehead atoms. The summed E-state index contributed by atoms with van der Waals surface area (Å²) in [4.78, 5) is 31.1. The monoisotopic (exact) mass is 512 g/mol. The molecular weight excluding hydrogens is 480 g/mol. The number of hydroxylamine groups is 1. The van der Waals surface area contributed by atoms with Gasteiger partial charge in [-0.1, -0.05) is 38.3 Å². The third kappa shape index (κ3) is 4.79. The molecule has 5 rings (SSSR count). The maximum absolute atomic E-state index is 11.7. The second-order valence-corrected chi connectivity index (χ2v) is 10.6. The van der Waals surface area contributed by atoms with Gasteiger partial charge in [-0.3, -0.25) is 10.3 Å². The van der Waals surface area contributed by atoms with Crippen LogP contribution in [0.25, 0.3) is 22.3 Å². The molecule has 1 saturated heterocycles. The summed E-state index contributed by atoms with van der Waals surface area (Å²) in [5.41, 5.74) is 6.55. The van der Waals surface area contributed by atoms with Crippen LogP contribution >= 0.6 is 11.6 Å². The van der Waals surface area contributed by atoms with E-state index < -0.39 is 12.3 Å². The van der Waals surface area contributed by atoms with E-state index in [4.69, 9.17) is 31.1 Å². The summed E-state index contributed by atoms with van der Waals surface area (Å²) >= 11 is 6.35. The topological polar surface area (TPSA) is 103 Å². The second-order valence-electron chi connectivity index (χ2n) is 10.2. The quantitative estimate of drug-likeness (QED) is 0.429. The first-order valence-electron chi connectivity index (χ1n) is 12.6. The molecule has 0 radical (unpaired) electrons. The standard InChI is InChI=1S/C26H33ClN6O3/c1-14-5-7-17(8-6-14)16(3)33-23-20(30-25(33)15(2)13-35-4)10-21(24-31-26(34)36-32-24)29-22(23)18-9-19(27)12-28-11-18/h9-12,14-17,24,32H,5-8,13H2,1-4H3,(H,31,34).